The lowest BCUT2D eigenvalue weighted by Crippen LogP contribution is -2.38. The molecule has 3 rings (SSSR count). The van der Waals surface area contributed by atoms with Crippen molar-refractivity contribution in [3.05, 3.63) is 0 Å². The molecule has 0 spiro atoms. The Bertz CT molecular complexity index is 306. The topological polar surface area (TPSA) is 17.1 Å². The summed E-state index contributed by atoms with van der Waals surface area (Å²) in [6, 6.07) is 0. The lowest BCUT2D eigenvalue weighted by atomic mass is 9.62. The van der Waals surface area contributed by atoms with Crippen molar-refractivity contribution in [3.63, 3.8) is 0 Å². The highest BCUT2D eigenvalue weighted by molar-refractivity contribution is 5.91. The number of hydrogen-bond donors (Lipinski definition) is 0. The Kier molecular flexibility index (Phi) is 1.88. The maximum Gasteiger partial charge on any atom is 0.142 e. The Morgan fingerprint density at radius 1 is 1.27 bits per heavy atom. The molecule has 84 valence electrons. The first-order valence-electron chi connectivity index (χ1n) is 6.60. The summed E-state index contributed by atoms with van der Waals surface area (Å²) >= 11 is 0. The maximum absolute atomic E-state index is 12.3. The van der Waals surface area contributed by atoms with Gasteiger partial charge in [0.15, 0.2) is 0 Å². The van der Waals surface area contributed by atoms with Gasteiger partial charge in [-0.05, 0) is 49.4 Å². The van der Waals surface area contributed by atoms with Gasteiger partial charge in [-0.2, -0.15) is 0 Å². The predicted octanol–water partition coefficient (Wildman–Crippen LogP) is 3.28. The molecule has 0 amide bonds. The van der Waals surface area contributed by atoms with Crippen LogP contribution in [-0.2, 0) is 4.79 Å². The number of hydrogen-bond acceptors (Lipinski definition) is 1. The molecule has 0 saturated heterocycles. The van der Waals surface area contributed by atoms with Crippen LogP contribution in [0.25, 0.3) is 0 Å². The fraction of sp³-hybridized carbons (Fsp3) is 0.929. The summed E-state index contributed by atoms with van der Waals surface area (Å²) < 4.78 is 0. The molecule has 0 aliphatic heterocycles. The summed E-state index contributed by atoms with van der Waals surface area (Å²) in [7, 11) is 0. The predicted molar refractivity (Wildman–Crippen MR) is 60.4 cm³/mol. The first-order chi connectivity index (χ1) is 7.05. The van der Waals surface area contributed by atoms with E-state index < -0.39 is 0 Å². The molecule has 0 N–H and O–H groups in total. The molecule has 3 fully saturated rings. The van der Waals surface area contributed by atoms with Gasteiger partial charge in [0, 0.05) is 11.3 Å². The Hall–Kier alpha value is -0.330. The van der Waals surface area contributed by atoms with Gasteiger partial charge in [0.1, 0.15) is 5.78 Å². The van der Waals surface area contributed by atoms with Crippen molar-refractivity contribution in [3.8, 4) is 0 Å². The quantitative estimate of drug-likeness (QED) is 0.643. The molecule has 3 saturated carbocycles. The normalized spacial score (nSPS) is 52.9. The molecule has 1 nitrogen and oxygen atoms in total. The second kappa shape index (κ2) is 2.87. The maximum atomic E-state index is 12.3. The Labute approximate surface area is 92.6 Å². The Morgan fingerprint density at radius 2 is 2.00 bits per heavy atom. The van der Waals surface area contributed by atoms with Crippen molar-refractivity contribution in [2.24, 2.45) is 35.0 Å². The van der Waals surface area contributed by atoms with Crippen LogP contribution >= 0.6 is 0 Å². The first kappa shape index (κ1) is 9.86. The van der Waals surface area contributed by atoms with Gasteiger partial charge in [-0.15, -0.1) is 0 Å². The van der Waals surface area contributed by atoms with Crippen LogP contribution in [-0.4, -0.2) is 5.78 Å². The number of Topliss-reactive ketones (excluding diaryl/α,β-unsaturated/α-hetero) is 1. The van der Waals surface area contributed by atoms with E-state index >= 15 is 0 Å². The molecule has 0 aromatic heterocycles. The van der Waals surface area contributed by atoms with Crippen LogP contribution in [0.15, 0.2) is 0 Å². The first-order valence-corrected chi connectivity index (χ1v) is 6.60. The molecule has 0 aromatic carbocycles. The molecular formula is C14H22O. The monoisotopic (exact) mass is 206 g/mol. The molecule has 15 heavy (non-hydrogen) atoms. The number of ketones is 1. The second-order valence-electron chi connectivity index (χ2n) is 6.60. The third-order valence-electron chi connectivity index (χ3n) is 5.78. The molecule has 0 radical (unpaired) electrons. The Morgan fingerprint density at radius 3 is 2.67 bits per heavy atom. The molecule has 1 heteroatoms. The third kappa shape index (κ3) is 1.02. The van der Waals surface area contributed by atoms with E-state index in [1.165, 1.54) is 25.7 Å². The third-order valence-corrected chi connectivity index (χ3v) is 5.78. The van der Waals surface area contributed by atoms with Crippen LogP contribution in [0.2, 0.25) is 0 Å². The van der Waals surface area contributed by atoms with E-state index in [1.54, 1.807) is 0 Å². The van der Waals surface area contributed by atoms with E-state index in [0.29, 0.717) is 11.7 Å². The van der Waals surface area contributed by atoms with Crippen LogP contribution in [0.5, 0.6) is 0 Å². The van der Waals surface area contributed by atoms with Crippen molar-refractivity contribution in [1.82, 2.24) is 0 Å². The average molecular weight is 206 g/mol. The van der Waals surface area contributed by atoms with Crippen LogP contribution in [0, 0.1) is 35.0 Å². The van der Waals surface area contributed by atoms with Crippen LogP contribution in [0.4, 0.5) is 0 Å². The van der Waals surface area contributed by atoms with Crippen LogP contribution < -0.4 is 0 Å². The number of carbonyl (C=O) groups excluding carboxylic acids is 1. The zero-order chi connectivity index (χ0) is 10.8. The van der Waals surface area contributed by atoms with Crippen LogP contribution in [0.3, 0.4) is 0 Å². The summed E-state index contributed by atoms with van der Waals surface area (Å²) in [6.45, 7) is 6.94. The molecule has 3 aliphatic rings. The van der Waals surface area contributed by atoms with Crippen molar-refractivity contribution >= 4 is 5.78 Å². The summed E-state index contributed by atoms with van der Waals surface area (Å²) in [4.78, 5) is 12.3. The van der Waals surface area contributed by atoms with E-state index in [2.05, 4.69) is 20.8 Å². The zero-order valence-corrected chi connectivity index (χ0v) is 10.1. The molecule has 5 atom stereocenters. The minimum absolute atomic E-state index is 0.0962. The van der Waals surface area contributed by atoms with Gasteiger partial charge in [0.05, 0.1) is 0 Å². The SMILES string of the molecule is CC(C)[C@H]1CC[C@@]2(C)C(=O)[C@@H]3CC[C@H]2[C@@H]13. The number of rotatable bonds is 1. The van der Waals surface area contributed by atoms with E-state index in [0.717, 1.165) is 23.7 Å². The summed E-state index contributed by atoms with van der Waals surface area (Å²) in [5.41, 5.74) is 0.0962. The smallest absolute Gasteiger partial charge is 0.142 e. The molecule has 0 heterocycles. The van der Waals surface area contributed by atoms with E-state index in [1.807, 2.05) is 0 Å². The minimum Gasteiger partial charge on any atom is -0.299 e. The lowest BCUT2D eigenvalue weighted by molar-refractivity contribution is -0.131. The van der Waals surface area contributed by atoms with E-state index in [-0.39, 0.29) is 5.41 Å². The van der Waals surface area contributed by atoms with Crippen molar-refractivity contribution in [2.45, 2.75) is 46.5 Å². The standard InChI is InChI=1S/C14H22O/c1-8(2)9-6-7-14(3)11-5-4-10(12(9)11)13(14)15/h8-12H,4-7H2,1-3H3/t9-,10-,11+,12+,14-/m1/s1. The molecule has 3 aliphatic carbocycles. The fourth-order valence-corrected chi connectivity index (χ4v) is 5.02. The average Bonchev–Trinajstić information content (AvgIpc) is 2.65. The van der Waals surface area contributed by atoms with E-state index in [9.17, 15) is 4.79 Å². The van der Waals surface area contributed by atoms with Crippen LogP contribution in [0.1, 0.15) is 46.5 Å². The Balaban J connectivity index is 2.00. The summed E-state index contributed by atoms with van der Waals surface area (Å²) in [5, 5.41) is 0. The molecule has 4 bridgehead atoms. The molecule has 0 unspecified atom stereocenters. The highest BCUT2D eigenvalue weighted by Gasteiger charge is 2.64. The summed E-state index contributed by atoms with van der Waals surface area (Å²) in [6.07, 6.45) is 5.01. The minimum atomic E-state index is 0.0962. The second-order valence-corrected chi connectivity index (χ2v) is 6.60. The van der Waals surface area contributed by atoms with Gasteiger partial charge in [0.25, 0.3) is 0 Å². The van der Waals surface area contributed by atoms with Crippen molar-refractivity contribution in [1.29, 1.82) is 0 Å². The highest BCUT2D eigenvalue weighted by Crippen LogP contribution is 2.65. The zero-order valence-electron chi connectivity index (χ0n) is 10.1. The highest BCUT2D eigenvalue weighted by atomic mass is 16.1. The molecular weight excluding hydrogens is 184 g/mol. The van der Waals surface area contributed by atoms with Gasteiger partial charge < -0.3 is 0 Å². The van der Waals surface area contributed by atoms with Gasteiger partial charge in [-0.3, -0.25) is 4.79 Å². The number of carbonyl (C=O) groups is 1. The van der Waals surface area contributed by atoms with E-state index in [4.69, 9.17) is 0 Å². The lowest BCUT2D eigenvalue weighted by Gasteiger charge is -2.41. The summed E-state index contributed by atoms with van der Waals surface area (Å²) in [5.74, 6) is 4.20. The molecule has 0 aromatic rings. The van der Waals surface area contributed by atoms with Gasteiger partial charge >= 0.3 is 0 Å². The van der Waals surface area contributed by atoms with Crippen molar-refractivity contribution < 1.29 is 4.79 Å². The van der Waals surface area contributed by atoms with Gasteiger partial charge in [-0.25, -0.2) is 0 Å². The fourth-order valence-electron chi connectivity index (χ4n) is 5.02. The van der Waals surface area contributed by atoms with Gasteiger partial charge in [0.2, 0.25) is 0 Å². The van der Waals surface area contributed by atoms with Gasteiger partial charge in [-0.1, -0.05) is 20.8 Å². The van der Waals surface area contributed by atoms with Crippen molar-refractivity contribution in [2.75, 3.05) is 0 Å². The largest absolute Gasteiger partial charge is 0.299 e.